The molecule has 1 saturated carbocycles. The normalized spacial score (nSPS) is 19.1. The molecule has 0 spiro atoms. The zero-order valence-corrected chi connectivity index (χ0v) is 12.2. The van der Waals surface area contributed by atoms with Crippen molar-refractivity contribution in [2.45, 2.75) is 79.2 Å². The molecule has 0 atom stereocenters. The number of hydrogen-bond acceptors (Lipinski definition) is 1. The van der Waals surface area contributed by atoms with Gasteiger partial charge in [-0.25, -0.2) is 0 Å². The molecule has 0 aromatic rings. The molecule has 2 nitrogen and oxygen atoms in total. The summed E-state index contributed by atoms with van der Waals surface area (Å²) in [6.45, 7) is 10.7. The van der Waals surface area contributed by atoms with E-state index in [4.69, 9.17) is 0 Å². The Balaban J connectivity index is 2.49. The van der Waals surface area contributed by atoms with Crippen molar-refractivity contribution in [1.29, 1.82) is 0 Å². The van der Waals surface area contributed by atoms with Crippen LogP contribution >= 0.6 is 0 Å². The van der Waals surface area contributed by atoms with Crippen molar-refractivity contribution in [3.8, 4) is 0 Å². The monoisotopic (exact) mass is 239 g/mol. The van der Waals surface area contributed by atoms with Crippen molar-refractivity contribution in [3.63, 3.8) is 0 Å². The highest BCUT2D eigenvalue weighted by Gasteiger charge is 2.33. The Kier molecular flexibility index (Phi) is 4.62. The molecule has 1 rings (SSSR count). The van der Waals surface area contributed by atoms with Crippen molar-refractivity contribution in [1.82, 2.24) is 5.32 Å². The van der Waals surface area contributed by atoms with E-state index < -0.39 is 0 Å². The predicted octanol–water partition coefficient (Wildman–Crippen LogP) is 3.90. The second kappa shape index (κ2) is 5.41. The van der Waals surface area contributed by atoms with E-state index in [2.05, 4.69) is 39.9 Å². The average molecular weight is 239 g/mol. The summed E-state index contributed by atoms with van der Waals surface area (Å²) in [6.07, 6.45) is 7.13. The van der Waals surface area contributed by atoms with Crippen LogP contribution in [0.4, 0.5) is 0 Å². The summed E-state index contributed by atoms with van der Waals surface area (Å²) >= 11 is 0. The number of carbonyl (C=O) groups is 1. The number of amides is 1. The molecular weight excluding hydrogens is 210 g/mol. The van der Waals surface area contributed by atoms with E-state index in [9.17, 15) is 4.79 Å². The average Bonchev–Trinajstić information content (AvgIpc) is 2.15. The van der Waals surface area contributed by atoms with Gasteiger partial charge in [-0.05, 0) is 24.7 Å². The minimum Gasteiger partial charge on any atom is -0.353 e. The van der Waals surface area contributed by atoms with Crippen molar-refractivity contribution < 1.29 is 4.79 Å². The molecule has 0 radical (unpaired) electrons. The zero-order valence-electron chi connectivity index (χ0n) is 12.2. The van der Waals surface area contributed by atoms with Crippen molar-refractivity contribution in [2.75, 3.05) is 0 Å². The smallest absolute Gasteiger partial charge is 0.225 e. The summed E-state index contributed by atoms with van der Waals surface area (Å²) < 4.78 is 0. The number of carbonyl (C=O) groups excluding carboxylic acids is 1. The third-order valence-electron chi connectivity index (χ3n) is 3.53. The lowest BCUT2D eigenvalue weighted by Crippen LogP contribution is -2.45. The highest BCUT2D eigenvalue weighted by molar-refractivity contribution is 5.82. The topological polar surface area (TPSA) is 29.1 Å². The molecular formula is C15H29NO. The standard InChI is InChI=1S/C15H29NO/c1-14(2,3)11-15(4,5)13(17)16-12-9-7-6-8-10-12/h12H,6-11H2,1-5H3,(H,16,17). The van der Waals surface area contributed by atoms with Crippen LogP contribution in [0, 0.1) is 10.8 Å². The maximum absolute atomic E-state index is 12.3. The van der Waals surface area contributed by atoms with Gasteiger partial charge in [0.05, 0.1) is 0 Å². The molecule has 1 fully saturated rings. The van der Waals surface area contributed by atoms with Gasteiger partial charge in [0, 0.05) is 11.5 Å². The highest BCUT2D eigenvalue weighted by Crippen LogP contribution is 2.33. The summed E-state index contributed by atoms with van der Waals surface area (Å²) in [4.78, 5) is 12.3. The van der Waals surface area contributed by atoms with Gasteiger partial charge in [0.1, 0.15) is 0 Å². The van der Waals surface area contributed by atoms with Gasteiger partial charge < -0.3 is 5.32 Å². The van der Waals surface area contributed by atoms with Gasteiger partial charge in [0.25, 0.3) is 0 Å². The summed E-state index contributed by atoms with van der Waals surface area (Å²) in [5, 5.41) is 3.24. The lowest BCUT2D eigenvalue weighted by Gasteiger charge is -2.33. The molecule has 1 amide bonds. The molecule has 0 heterocycles. The molecule has 0 aliphatic heterocycles. The van der Waals surface area contributed by atoms with Crippen LogP contribution in [0.2, 0.25) is 0 Å². The number of rotatable bonds is 3. The van der Waals surface area contributed by atoms with Gasteiger partial charge in [0.2, 0.25) is 5.91 Å². The summed E-state index contributed by atoms with van der Waals surface area (Å²) in [6, 6.07) is 0.426. The van der Waals surface area contributed by atoms with Crippen molar-refractivity contribution in [2.24, 2.45) is 10.8 Å². The third kappa shape index (κ3) is 5.10. The minimum atomic E-state index is -0.254. The molecule has 0 bridgehead atoms. The molecule has 0 aromatic carbocycles. The predicted molar refractivity (Wildman–Crippen MR) is 72.9 cm³/mol. The van der Waals surface area contributed by atoms with Crippen LogP contribution in [0.1, 0.15) is 73.1 Å². The van der Waals surface area contributed by atoms with E-state index in [0.717, 1.165) is 19.3 Å². The van der Waals surface area contributed by atoms with Crippen LogP contribution in [-0.4, -0.2) is 11.9 Å². The van der Waals surface area contributed by atoms with E-state index in [1.54, 1.807) is 0 Å². The fraction of sp³-hybridized carbons (Fsp3) is 0.933. The zero-order chi connectivity index (χ0) is 13.1. The Morgan fingerprint density at radius 2 is 1.59 bits per heavy atom. The van der Waals surface area contributed by atoms with Crippen molar-refractivity contribution >= 4 is 5.91 Å². The van der Waals surface area contributed by atoms with E-state index in [1.807, 2.05) is 0 Å². The summed E-state index contributed by atoms with van der Waals surface area (Å²) in [5.41, 5.74) is -0.0525. The molecule has 1 N–H and O–H groups in total. The van der Waals surface area contributed by atoms with Gasteiger partial charge in [-0.2, -0.15) is 0 Å². The van der Waals surface area contributed by atoms with E-state index in [0.29, 0.717) is 6.04 Å². The van der Waals surface area contributed by atoms with Gasteiger partial charge in [-0.1, -0.05) is 53.9 Å². The first-order valence-corrected chi connectivity index (χ1v) is 7.02. The van der Waals surface area contributed by atoms with Crippen molar-refractivity contribution in [3.05, 3.63) is 0 Å². The van der Waals surface area contributed by atoms with E-state index in [1.165, 1.54) is 19.3 Å². The summed E-state index contributed by atoms with van der Waals surface area (Å²) in [5.74, 6) is 0.235. The molecule has 1 aliphatic carbocycles. The Morgan fingerprint density at radius 3 is 2.06 bits per heavy atom. The van der Waals surface area contributed by atoms with Gasteiger partial charge in [-0.3, -0.25) is 4.79 Å². The van der Waals surface area contributed by atoms with Gasteiger partial charge in [0.15, 0.2) is 0 Å². The van der Waals surface area contributed by atoms with Gasteiger partial charge >= 0.3 is 0 Å². The lowest BCUT2D eigenvalue weighted by atomic mass is 9.75. The molecule has 0 aromatic heterocycles. The fourth-order valence-electron chi connectivity index (χ4n) is 3.03. The van der Waals surface area contributed by atoms with E-state index >= 15 is 0 Å². The molecule has 1 aliphatic rings. The molecule has 100 valence electrons. The van der Waals surface area contributed by atoms with Crippen LogP contribution in [0.5, 0.6) is 0 Å². The Morgan fingerprint density at radius 1 is 1.06 bits per heavy atom. The maximum Gasteiger partial charge on any atom is 0.225 e. The molecule has 17 heavy (non-hydrogen) atoms. The van der Waals surface area contributed by atoms with Crippen LogP contribution in [0.3, 0.4) is 0 Å². The minimum absolute atomic E-state index is 0.202. The Bertz CT molecular complexity index is 257. The van der Waals surface area contributed by atoms with Crippen LogP contribution in [-0.2, 0) is 4.79 Å². The molecule has 2 heteroatoms. The highest BCUT2D eigenvalue weighted by atomic mass is 16.2. The van der Waals surface area contributed by atoms with Gasteiger partial charge in [-0.15, -0.1) is 0 Å². The quantitative estimate of drug-likeness (QED) is 0.795. The Labute approximate surface area is 107 Å². The molecule has 0 unspecified atom stereocenters. The van der Waals surface area contributed by atoms with Crippen LogP contribution in [0.15, 0.2) is 0 Å². The maximum atomic E-state index is 12.3. The molecule has 0 saturated heterocycles. The number of nitrogens with one attached hydrogen (secondary N) is 1. The Hall–Kier alpha value is -0.530. The van der Waals surface area contributed by atoms with E-state index in [-0.39, 0.29) is 16.7 Å². The first kappa shape index (κ1) is 14.5. The SMILES string of the molecule is CC(C)(C)CC(C)(C)C(=O)NC1CCCCC1. The first-order chi connectivity index (χ1) is 7.71. The second-order valence-electron chi connectivity index (χ2n) is 7.43. The third-order valence-corrected chi connectivity index (χ3v) is 3.53. The lowest BCUT2D eigenvalue weighted by molar-refractivity contribution is -0.131. The second-order valence-corrected chi connectivity index (χ2v) is 7.43. The fourth-order valence-corrected chi connectivity index (χ4v) is 3.03. The van der Waals surface area contributed by atoms with Crippen LogP contribution < -0.4 is 5.32 Å². The van der Waals surface area contributed by atoms with Crippen LogP contribution in [0.25, 0.3) is 0 Å². The summed E-state index contributed by atoms with van der Waals surface area (Å²) in [7, 11) is 0. The largest absolute Gasteiger partial charge is 0.353 e. The first-order valence-electron chi connectivity index (χ1n) is 7.02. The number of hydrogen-bond donors (Lipinski definition) is 1.